The van der Waals surface area contributed by atoms with Gasteiger partial charge in [0.1, 0.15) is 5.82 Å². The first-order valence-corrected chi connectivity index (χ1v) is 5.67. The Bertz CT molecular complexity index is 703. The summed E-state index contributed by atoms with van der Waals surface area (Å²) >= 11 is 0. The van der Waals surface area contributed by atoms with Crippen LogP contribution >= 0.6 is 0 Å². The maximum Gasteiger partial charge on any atom is 0.123 e. The lowest BCUT2D eigenvalue weighted by Crippen LogP contribution is -1.98. The van der Waals surface area contributed by atoms with Gasteiger partial charge in [-0.25, -0.2) is 9.37 Å². The smallest absolute Gasteiger partial charge is 0.123 e. The summed E-state index contributed by atoms with van der Waals surface area (Å²) in [6.45, 7) is 0.595. The number of nitrogen functional groups attached to an aromatic ring is 1. The maximum atomic E-state index is 13.1. The molecule has 90 valence electrons. The second-order valence-corrected chi connectivity index (χ2v) is 4.25. The fraction of sp³-hybridized carbons (Fsp3) is 0.0714. The van der Waals surface area contributed by atoms with Gasteiger partial charge in [0.05, 0.1) is 17.4 Å². The van der Waals surface area contributed by atoms with Gasteiger partial charge in [0, 0.05) is 12.2 Å². The molecule has 3 aromatic rings. The van der Waals surface area contributed by atoms with Crippen molar-refractivity contribution in [1.82, 2.24) is 9.55 Å². The Morgan fingerprint density at radius 3 is 2.89 bits per heavy atom. The average molecular weight is 241 g/mol. The van der Waals surface area contributed by atoms with Crippen LogP contribution in [0.4, 0.5) is 10.1 Å². The topological polar surface area (TPSA) is 43.8 Å². The van der Waals surface area contributed by atoms with Gasteiger partial charge in [-0.15, -0.1) is 0 Å². The second-order valence-electron chi connectivity index (χ2n) is 4.25. The van der Waals surface area contributed by atoms with E-state index in [1.165, 1.54) is 12.1 Å². The van der Waals surface area contributed by atoms with Crippen molar-refractivity contribution in [2.45, 2.75) is 6.54 Å². The van der Waals surface area contributed by atoms with E-state index >= 15 is 0 Å². The molecule has 0 fully saturated rings. The number of nitrogens with two attached hydrogens (primary N) is 1. The van der Waals surface area contributed by atoms with Gasteiger partial charge in [0.25, 0.3) is 0 Å². The second kappa shape index (κ2) is 4.14. The van der Waals surface area contributed by atoms with Crippen molar-refractivity contribution in [3.8, 4) is 0 Å². The summed E-state index contributed by atoms with van der Waals surface area (Å²) < 4.78 is 15.1. The van der Waals surface area contributed by atoms with Gasteiger partial charge in [-0.2, -0.15) is 0 Å². The van der Waals surface area contributed by atoms with Crippen molar-refractivity contribution in [3.63, 3.8) is 0 Å². The lowest BCUT2D eigenvalue weighted by atomic mass is 10.2. The molecular weight excluding hydrogens is 229 g/mol. The quantitative estimate of drug-likeness (QED) is 0.701. The largest absolute Gasteiger partial charge is 0.399 e. The number of halogens is 1. The Morgan fingerprint density at radius 2 is 2.06 bits per heavy atom. The number of fused-ring (bicyclic) bond motifs is 1. The number of hydrogen-bond acceptors (Lipinski definition) is 2. The van der Waals surface area contributed by atoms with Crippen LogP contribution in [0.25, 0.3) is 11.0 Å². The van der Waals surface area contributed by atoms with Crippen LogP contribution in [0.1, 0.15) is 5.56 Å². The molecule has 2 aromatic carbocycles. The highest BCUT2D eigenvalue weighted by atomic mass is 19.1. The number of imidazole rings is 1. The van der Waals surface area contributed by atoms with Gasteiger partial charge >= 0.3 is 0 Å². The van der Waals surface area contributed by atoms with Gasteiger partial charge in [-0.1, -0.05) is 12.1 Å². The molecule has 3 rings (SSSR count). The van der Waals surface area contributed by atoms with E-state index in [0.717, 1.165) is 16.6 Å². The van der Waals surface area contributed by atoms with Crippen LogP contribution in [0.15, 0.2) is 48.8 Å². The summed E-state index contributed by atoms with van der Waals surface area (Å²) in [7, 11) is 0. The highest BCUT2D eigenvalue weighted by molar-refractivity contribution is 5.79. The van der Waals surface area contributed by atoms with Gasteiger partial charge in [0.2, 0.25) is 0 Å². The molecule has 0 aliphatic rings. The molecule has 0 bridgehead atoms. The Hall–Kier alpha value is -2.36. The third-order valence-corrected chi connectivity index (χ3v) is 2.89. The predicted octanol–water partition coefficient (Wildman–Crippen LogP) is 2.81. The molecule has 0 atom stereocenters. The van der Waals surface area contributed by atoms with Crippen LogP contribution in [-0.2, 0) is 6.54 Å². The van der Waals surface area contributed by atoms with E-state index in [1.807, 2.05) is 28.8 Å². The van der Waals surface area contributed by atoms with Crippen molar-refractivity contribution in [1.29, 1.82) is 0 Å². The van der Waals surface area contributed by atoms with E-state index in [4.69, 9.17) is 5.73 Å². The number of benzene rings is 2. The maximum absolute atomic E-state index is 13.1. The molecule has 18 heavy (non-hydrogen) atoms. The van der Waals surface area contributed by atoms with Crippen molar-refractivity contribution in [2.75, 3.05) is 5.73 Å². The lowest BCUT2D eigenvalue weighted by Gasteiger charge is -2.04. The minimum absolute atomic E-state index is 0.221. The highest BCUT2D eigenvalue weighted by Crippen LogP contribution is 2.17. The van der Waals surface area contributed by atoms with Crippen LogP contribution in [0, 0.1) is 5.82 Å². The van der Waals surface area contributed by atoms with Gasteiger partial charge in [-0.05, 0) is 35.9 Å². The zero-order chi connectivity index (χ0) is 12.5. The SMILES string of the molecule is Nc1ccc2c(c1)ncn2Cc1cccc(F)c1. The van der Waals surface area contributed by atoms with Crippen molar-refractivity contribution in [2.24, 2.45) is 0 Å². The van der Waals surface area contributed by atoms with Crippen LogP contribution in [0.3, 0.4) is 0 Å². The molecule has 0 aliphatic heterocycles. The monoisotopic (exact) mass is 241 g/mol. The molecule has 3 nitrogen and oxygen atoms in total. The number of hydrogen-bond donors (Lipinski definition) is 1. The molecule has 0 saturated carbocycles. The minimum Gasteiger partial charge on any atom is -0.399 e. The summed E-state index contributed by atoms with van der Waals surface area (Å²) in [6.07, 6.45) is 1.75. The van der Waals surface area contributed by atoms with Crippen LogP contribution in [0.2, 0.25) is 0 Å². The fourth-order valence-corrected chi connectivity index (χ4v) is 2.04. The number of nitrogens with zero attached hydrogens (tertiary/aromatic N) is 2. The number of anilines is 1. The average Bonchev–Trinajstić information content (AvgIpc) is 2.72. The van der Waals surface area contributed by atoms with Crippen molar-refractivity contribution in [3.05, 3.63) is 60.2 Å². The van der Waals surface area contributed by atoms with Crippen molar-refractivity contribution < 1.29 is 4.39 Å². The van der Waals surface area contributed by atoms with Gasteiger partial charge < -0.3 is 10.3 Å². The Labute approximate surface area is 104 Å². The first-order valence-electron chi connectivity index (χ1n) is 5.67. The van der Waals surface area contributed by atoms with Crippen LogP contribution in [-0.4, -0.2) is 9.55 Å². The molecule has 0 unspecified atom stereocenters. The molecule has 1 aromatic heterocycles. The molecule has 2 N–H and O–H groups in total. The normalized spacial score (nSPS) is 10.9. The molecular formula is C14H12FN3. The zero-order valence-electron chi connectivity index (χ0n) is 9.68. The zero-order valence-corrected chi connectivity index (χ0v) is 9.68. The van der Waals surface area contributed by atoms with E-state index in [2.05, 4.69) is 4.98 Å². The Kier molecular flexibility index (Phi) is 2.48. The third kappa shape index (κ3) is 1.93. The lowest BCUT2D eigenvalue weighted by molar-refractivity contribution is 0.624. The first-order chi connectivity index (χ1) is 8.72. The molecule has 0 spiro atoms. The summed E-state index contributed by atoms with van der Waals surface area (Å²) in [5.41, 5.74) is 9.16. The molecule has 4 heteroatoms. The van der Waals surface area contributed by atoms with Crippen LogP contribution in [0.5, 0.6) is 0 Å². The van der Waals surface area contributed by atoms with Gasteiger partial charge in [-0.3, -0.25) is 0 Å². The van der Waals surface area contributed by atoms with Gasteiger partial charge in [0.15, 0.2) is 0 Å². The third-order valence-electron chi connectivity index (χ3n) is 2.89. The Balaban J connectivity index is 2.00. The van der Waals surface area contributed by atoms with E-state index in [1.54, 1.807) is 12.4 Å². The minimum atomic E-state index is -0.221. The molecule has 0 saturated heterocycles. The van der Waals surface area contributed by atoms with E-state index in [9.17, 15) is 4.39 Å². The van der Waals surface area contributed by atoms with Crippen LogP contribution < -0.4 is 5.73 Å². The number of aromatic nitrogens is 2. The number of rotatable bonds is 2. The molecule has 0 amide bonds. The summed E-state index contributed by atoms with van der Waals surface area (Å²) in [5.74, 6) is -0.221. The molecule has 0 aliphatic carbocycles. The van der Waals surface area contributed by atoms with E-state index in [-0.39, 0.29) is 5.82 Å². The molecule has 0 radical (unpaired) electrons. The van der Waals surface area contributed by atoms with Crippen molar-refractivity contribution >= 4 is 16.7 Å². The first kappa shape index (κ1) is 10.8. The fourth-order valence-electron chi connectivity index (χ4n) is 2.04. The summed E-state index contributed by atoms with van der Waals surface area (Å²) in [6, 6.07) is 12.2. The van der Waals surface area contributed by atoms with E-state index < -0.39 is 0 Å². The summed E-state index contributed by atoms with van der Waals surface area (Å²) in [5, 5.41) is 0. The predicted molar refractivity (Wildman–Crippen MR) is 69.6 cm³/mol. The van der Waals surface area contributed by atoms with E-state index in [0.29, 0.717) is 12.2 Å². The molecule has 1 heterocycles. The Morgan fingerprint density at radius 1 is 1.17 bits per heavy atom. The standard InChI is InChI=1S/C14H12FN3/c15-11-3-1-2-10(6-11)8-18-9-17-13-7-12(16)4-5-14(13)18/h1-7,9H,8,16H2. The summed E-state index contributed by atoms with van der Waals surface area (Å²) in [4.78, 5) is 4.29. The highest BCUT2D eigenvalue weighted by Gasteiger charge is 2.04.